The first kappa shape index (κ1) is 22.8. The SMILES string of the molecule is CCCC[C@@H](C(=O)OCC(=O)Nc1cccc(Cl)c1Cl)N1C(=O)c2ccccc2C1=O. The topological polar surface area (TPSA) is 92.8 Å². The van der Waals surface area contributed by atoms with E-state index in [9.17, 15) is 19.2 Å². The zero-order chi connectivity index (χ0) is 22.5. The smallest absolute Gasteiger partial charge is 0.329 e. The van der Waals surface area contributed by atoms with Gasteiger partial charge < -0.3 is 10.1 Å². The number of nitrogens with zero attached hydrogens (tertiary/aromatic N) is 1. The predicted molar refractivity (Wildman–Crippen MR) is 116 cm³/mol. The van der Waals surface area contributed by atoms with Crippen LogP contribution in [0.3, 0.4) is 0 Å². The van der Waals surface area contributed by atoms with Gasteiger partial charge in [-0.15, -0.1) is 0 Å². The monoisotopic (exact) mass is 462 g/mol. The molecule has 1 aliphatic rings. The van der Waals surface area contributed by atoms with E-state index < -0.39 is 36.3 Å². The molecule has 0 saturated carbocycles. The normalized spacial score (nSPS) is 13.7. The number of amides is 3. The van der Waals surface area contributed by atoms with Crippen molar-refractivity contribution in [2.75, 3.05) is 11.9 Å². The van der Waals surface area contributed by atoms with Gasteiger partial charge in [0, 0.05) is 0 Å². The molecule has 3 amide bonds. The Balaban J connectivity index is 1.69. The maximum absolute atomic E-state index is 12.8. The molecule has 0 unspecified atom stereocenters. The molecule has 1 N–H and O–H groups in total. The zero-order valence-corrected chi connectivity index (χ0v) is 18.2. The molecule has 1 atom stereocenters. The molecule has 3 rings (SSSR count). The summed E-state index contributed by atoms with van der Waals surface area (Å²) in [7, 11) is 0. The Morgan fingerprint density at radius 2 is 1.68 bits per heavy atom. The molecule has 7 nitrogen and oxygen atoms in total. The molecule has 0 bridgehead atoms. The summed E-state index contributed by atoms with van der Waals surface area (Å²) in [5.41, 5.74) is 0.767. The van der Waals surface area contributed by atoms with Gasteiger partial charge in [0.15, 0.2) is 6.61 Å². The lowest BCUT2D eigenvalue weighted by Crippen LogP contribution is -2.46. The van der Waals surface area contributed by atoms with Gasteiger partial charge in [0.2, 0.25) is 0 Å². The highest BCUT2D eigenvalue weighted by atomic mass is 35.5. The number of nitrogens with one attached hydrogen (secondary N) is 1. The Morgan fingerprint density at radius 3 is 2.29 bits per heavy atom. The van der Waals surface area contributed by atoms with E-state index in [4.69, 9.17) is 27.9 Å². The van der Waals surface area contributed by atoms with Crippen molar-refractivity contribution >= 4 is 52.6 Å². The number of benzene rings is 2. The molecule has 2 aromatic rings. The standard InChI is InChI=1S/C22H20Cl2N2O5/c1-2-3-11-17(26-20(28)13-7-4-5-8-14(13)21(26)29)22(30)31-12-18(27)25-16-10-6-9-15(23)19(16)24/h4-10,17H,2-3,11-12H2,1H3,(H,25,27)/t17-/m0/s1. The Morgan fingerprint density at radius 1 is 1.03 bits per heavy atom. The molecule has 0 fully saturated rings. The largest absolute Gasteiger partial charge is 0.454 e. The minimum Gasteiger partial charge on any atom is -0.454 e. The summed E-state index contributed by atoms with van der Waals surface area (Å²) in [5.74, 6) is -2.55. The van der Waals surface area contributed by atoms with Gasteiger partial charge in [-0.05, 0) is 30.7 Å². The van der Waals surface area contributed by atoms with Gasteiger partial charge in [0.05, 0.1) is 26.9 Å². The summed E-state index contributed by atoms with van der Waals surface area (Å²) in [5, 5.41) is 2.94. The molecule has 1 heterocycles. The number of halogens is 2. The lowest BCUT2D eigenvalue weighted by atomic mass is 10.1. The highest BCUT2D eigenvalue weighted by molar-refractivity contribution is 6.44. The molecule has 2 aromatic carbocycles. The van der Waals surface area contributed by atoms with Crippen molar-refractivity contribution in [3.05, 3.63) is 63.6 Å². The number of imide groups is 1. The molecule has 1 aliphatic heterocycles. The van der Waals surface area contributed by atoms with Crippen LogP contribution < -0.4 is 5.32 Å². The number of rotatable bonds is 8. The first-order valence-corrected chi connectivity index (χ1v) is 10.5. The summed E-state index contributed by atoms with van der Waals surface area (Å²) in [4.78, 5) is 51.4. The minimum absolute atomic E-state index is 0.163. The summed E-state index contributed by atoms with van der Waals surface area (Å²) in [6.45, 7) is 1.32. The Kier molecular flexibility index (Phi) is 7.30. The number of fused-ring (bicyclic) bond motifs is 1. The number of carbonyl (C=O) groups is 4. The lowest BCUT2D eigenvalue weighted by molar-refractivity contribution is -0.151. The van der Waals surface area contributed by atoms with Crippen LogP contribution in [0.5, 0.6) is 0 Å². The van der Waals surface area contributed by atoms with Gasteiger partial charge in [-0.25, -0.2) is 4.79 Å². The van der Waals surface area contributed by atoms with Crippen molar-refractivity contribution in [1.29, 1.82) is 0 Å². The van der Waals surface area contributed by atoms with Crippen molar-refractivity contribution < 1.29 is 23.9 Å². The molecule has 0 aliphatic carbocycles. The van der Waals surface area contributed by atoms with Crippen molar-refractivity contribution in [3.8, 4) is 0 Å². The third-order valence-electron chi connectivity index (χ3n) is 4.81. The van der Waals surface area contributed by atoms with Crippen LogP contribution in [0, 0.1) is 0 Å². The fourth-order valence-corrected chi connectivity index (χ4v) is 3.61. The molecule has 31 heavy (non-hydrogen) atoms. The molecular formula is C22H20Cl2N2O5. The van der Waals surface area contributed by atoms with E-state index in [1.54, 1.807) is 42.5 Å². The third kappa shape index (κ3) is 4.89. The lowest BCUT2D eigenvalue weighted by Gasteiger charge is -2.24. The van der Waals surface area contributed by atoms with E-state index in [-0.39, 0.29) is 33.3 Å². The van der Waals surface area contributed by atoms with Gasteiger partial charge in [-0.2, -0.15) is 0 Å². The Labute approximate surface area is 189 Å². The van der Waals surface area contributed by atoms with E-state index in [0.717, 1.165) is 11.3 Å². The first-order chi connectivity index (χ1) is 14.8. The number of anilines is 1. The number of esters is 1. The van der Waals surface area contributed by atoms with Gasteiger partial charge in [0.25, 0.3) is 17.7 Å². The fourth-order valence-electron chi connectivity index (χ4n) is 3.26. The van der Waals surface area contributed by atoms with E-state index in [1.165, 1.54) is 0 Å². The van der Waals surface area contributed by atoms with Crippen LogP contribution in [0.25, 0.3) is 0 Å². The molecule has 0 saturated heterocycles. The van der Waals surface area contributed by atoms with Crippen LogP contribution in [0.15, 0.2) is 42.5 Å². The van der Waals surface area contributed by atoms with Gasteiger partial charge in [-0.1, -0.05) is 61.2 Å². The van der Waals surface area contributed by atoms with Crippen molar-refractivity contribution in [3.63, 3.8) is 0 Å². The number of hydrogen-bond donors (Lipinski definition) is 1. The Bertz CT molecular complexity index is 1010. The molecule has 0 radical (unpaired) electrons. The summed E-state index contributed by atoms with van der Waals surface area (Å²) >= 11 is 11.9. The maximum atomic E-state index is 12.8. The highest BCUT2D eigenvalue weighted by Crippen LogP contribution is 2.30. The zero-order valence-electron chi connectivity index (χ0n) is 16.7. The van der Waals surface area contributed by atoms with Crippen LogP contribution in [-0.2, 0) is 14.3 Å². The van der Waals surface area contributed by atoms with E-state index in [2.05, 4.69) is 5.32 Å². The molecule has 9 heteroatoms. The predicted octanol–water partition coefficient (Wildman–Crippen LogP) is 4.33. The van der Waals surface area contributed by atoms with Gasteiger partial charge in [0.1, 0.15) is 6.04 Å². The van der Waals surface area contributed by atoms with Crippen LogP contribution in [-0.4, -0.2) is 41.2 Å². The second kappa shape index (κ2) is 9.94. The van der Waals surface area contributed by atoms with Crippen LogP contribution in [0.2, 0.25) is 10.0 Å². The average Bonchev–Trinajstić information content (AvgIpc) is 3.01. The van der Waals surface area contributed by atoms with Gasteiger partial charge >= 0.3 is 5.97 Å². The molecule has 0 spiro atoms. The number of unbranched alkanes of at least 4 members (excludes halogenated alkanes) is 1. The second-order valence-corrected chi connectivity index (χ2v) is 7.73. The Hall–Kier alpha value is -2.90. The summed E-state index contributed by atoms with van der Waals surface area (Å²) in [6.07, 6.45) is 1.58. The van der Waals surface area contributed by atoms with Crippen LogP contribution in [0.4, 0.5) is 5.69 Å². The van der Waals surface area contributed by atoms with Crippen molar-refractivity contribution in [2.45, 2.75) is 32.2 Å². The maximum Gasteiger partial charge on any atom is 0.329 e. The highest BCUT2D eigenvalue weighted by Gasteiger charge is 2.43. The summed E-state index contributed by atoms with van der Waals surface area (Å²) in [6, 6.07) is 10.0. The van der Waals surface area contributed by atoms with E-state index >= 15 is 0 Å². The van der Waals surface area contributed by atoms with Crippen molar-refractivity contribution in [2.24, 2.45) is 0 Å². The summed E-state index contributed by atoms with van der Waals surface area (Å²) < 4.78 is 5.14. The molecule has 162 valence electrons. The minimum atomic E-state index is -1.12. The van der Waals surface area contributed by atoms with Crippen molar-refractivity contribution in [1.82, 2.24) is 4.90 Å². The second-order valence-electron chi connectivity index (χ2n) is 6.94. The van der Waals surface area contributed by atoms with Crippen LogP contribution >= 0.6 is 23.2 Å². The number of carbonyl (C=O) groups excluding carboxylic acids is 4. The molecule has 0 aromatic heterocycles. The van der Waals surface area contributed by atoms with Gasteiger partial charge in [-0.3, -0.25) is 19.3 Å². The fraction of sp³-hybridized carbons (Fsp3) is 0.273. The van der Waals surface area contributed by atoms with E-state index in [0.29, 0.717) is 6.42 Å². The molecular weight excluding hydrogens is 443 g/mol. The number of hydrogen-bond acceptors (Lipinski definition) is 5. The number of ether oxygens (including phenoxy) is 1. The first-order valence-electron chi connectivity index (χ1n) is 9.72. The van der Waals surface area contributed by atoms with E-state index in [1.807, 2.05) is 6.92 Å². The average molecular weight is 463 g/mol. The van der Waals surface area contributed by atoms with Crippen LogP contribution in [0.1, 0.15) is 46.9 Å². The quantitative estimate of drug-likeness (QED) is 0.465. The third-order valence-corrected chi connectivity index (χ3v) is 5.63.